The number of hydrogen-bond donors (Lipinski definition) is 3. The molecule has 0 aliphatic rings. The highest BCUT2D eigenvalue weighted by atomic mass is 32.2. The van der Waals surface area contributed by atoms with Crippen LogP contribution in [0.2, 0.25) is 0 Å². The van der Waals surface area contributed by atoms with Gasteiger partial charge in [-0.1, -0.05) is 0 Å². The maximum absolute atomic E-state index is 10.7. The zero-order chi connectivity index (χ0) is 9.00. The van der Waals surface area contributed by atoms with E-state index in [0.29, 0.717) is 0 Å². The van der Waals surface area contributed by atoms with Gasteiger partial charge in [-0.05, 0) is 0 Å². The van der Waals surface area contributed by atoms with Crippen molar-refractivity contribution in [1.82, 2.24) is 0 Å². The van der Waals surface area contributed by atoms with Crippen LogP contribution in [0.1, 0.15) is 0 Å². The summed E-state index contributed by atoms with van der Waals surface area (Å²) in [6.07, 6.45) is 0. The van der Waals surface area contributed by atoms with Crippen molar-refractivity contribution in [2.45, 2.75) is 5.51 Å². The van der Waals surface area contributed by atoms with Gasteiger partial charge < -0.3 is 0 Å². The van der Waals surface area contributed by atoms with Crippen LogP contribution in [-0.2, 0) is 10.1 Å². The van der Waals surface area contributed by atoms with E-state index in [4.69, 9.17) is 23.5 Å². The van der Waals surface area contributed by atoms with Crippen molar-refractivity contribution in [2.24, 2.45) is 0 Å². The van der Waals surface area contributed by atoms with Gasteiger partial charge in [0.1, 0.15) is 0 Å². The van der Waals surface area contributed by atoms with Crippen molar-refractivity contribution in [3.05, 3.63) is 0 Å². The fourth-order valence-corrected chi connectivity index (χ4v) is 0. The molecular weight excluding hydrogens is 181 g/mol. The second kappa shape index (κ2) is 3.71. The molecule has 0 atom stereocenters. The predicted molar refractivity (Wildman–Crippen MR) is 22.9 cm³/mol. The van der Waals surface area contributed by atoms with E-state index in [9.17, 15) is 13.2 Å². The molecule has 5 nitrogen and oxygen atoms in total. The molecule has 0 unspecified atom stereocenters. The fraction of sp³-hybridized carbons (Fsp3) is 1.00. The lowest BCUT2D eigenvalue weighted by molar-refractivity contribution is -0.176. The van der Waals surface area contributed by atoms with Gasteiger partial charge in [0.15, 0.2) is 0 Å². The Hall–Kier alpha value is -0.380. The molecule has 0 spiro atoms. The van der Waals surface area contributed by atoms with E-state index in [1.807, 2.05) is 0 Å². The van der Waals surface area contributed by atoms with E-state index < -0.39 is 15.6 Å². The van der Waals surface area contributed by atoms with E-state index in [0.717, 1.165) is 0 Å². The van der Waals surface area contributed by atoms with Crippen molar-refractivity contribution in [3.63, 3.8) is 0 Å². The molecule has 0 bridgehead atoms. The van der Waals surface area contributed by atoms with E-state index in [2.05, 4.69) is 0 Å². The summed E-state index contributed by atoms with van der Waals surface area (Å²) in [6.45, 7) is 0. The molecule has 0 aliphatic carbocycles. The van der Waals surface area contributed by atoms with Gasteiger partial charge in [0.2, 0.25) is 0 Å². The number of alkyl halides is 3. The normalized spacial score (nSPS) is 11.8. The highest BCUT2D eigenvalue weighted by molar-refractivity contribution is 7.86. The number of hydrogen-bond acceptors (Lipinski definition) is 4. The minimum atomic E-state index is -5.84. The molecule has 0 radical (unpaired) electrons. The van der Waals surface area contributed by atoms with Crippen LogP contribution < -0.4 is 0 Å². The Bertz CT molecular complexity index is 166. The van der Waals surface area contributed by atoms with Crippen LogP contribution in [0.5, 0.6) is 0 Å². The van der Waals surface area contributed by atoms with Gasteiger partial charge in [-0.2, -0.15) is 21.6 Å². The zero-order valence-corrected chi connectivity index (χ0v) is 5.02. The molecule has 0 fully saturated rings. The fourth-order valence-electron chi connectivity index (χ4n) is 0. The van der Waals surface area contributed by atoms with Gasteiger partial charge in [0.05, 0.1) is 0 Å². The number of halogens is 3. The summed E-state index contributed by atoms with van der Waals surface area (Å²) in [4.78, 5) is 0. The van der Waals surface area contributed by atoms with Gasteiger partial charge in [0.25, 0.3) is 0 Å². The molecule has 0 rings (SSSR count). The number of rotatable bonds is 0. The van der Waals surface area contributed by atoms with Crippen LogP contribution in [0, 0.1) is 0 Å². The minimum Gasteiger partial charge on any atom is -0.279 e. The van der Waals surface area contributed by atoms with Crippen molar-refractivity contribution in [1.29, 1.82) is 0 Å². The standard InChI is InChI=1S/CHF3O3S.H2O2/c2-1(3,4)8(5,6)7;1-2/h(H,5,6,7);1-2H. The van der Waals surface area contributed by atoms with Crippen LogP contribution in [0.3, 0.4) is 0 Å². The quantitative estimate of drug-likeness (QED) is 0.219. The van der Waals surface area contributed by atoms with Crippen molar-refractivity contribution in [2.75, 3.05) is 0 Å². The lowest BCUT2D eigenvalue weighted by Gasteiger charge is -1.97. The van der Waals surface area contributed by atoms with Crippen molar-refractivity contribution in [3.8, 4) is 0 Å². The SMILES string of the molecule is O=S(=O)(O)C(F)(F)F.OO. The Labute approximate surface area is 53.4 Å². The molecule has 0 amide bonds. The lowest BCUT2D eigenvalue weighted by Crippen LogP contribution is -2.21. The molecule has 0 saturated heterocycles. The highest BCUT2D eigenvalue weighted by Crippen LogP contribution is 2.20. The Morgan fingerprint density at radius 1 is 1.10 bits per heavy atom. The maximum Gasteiger partial charge on any atom is 0.522 e. The topological polar surface area (TPSA) is 94.8 Å². The van der Waals surface area contributed by atoms with Crippen LogP contribution >= 0.6 is 0 Å². The van der Waals surface area contributed by atoms with Gasteiger partial charge in [-0.25, -0.2) is 0 Å². The first kappa shape index (κ1) is 12.3. The van der Waals surface area contributed by atoms with E-state index in [-0.39, 0.29) is 0 Å². The summed E-state index contributed by atoms with van der Waals surface area (Å²) in [5.41, 5.74) is -5.53. The minimum absolute atomic E-state index is 5.53. The zero-order valence-electron chi connectivity index (χ0n) is 4.20. The molecule has 0 aromatic rings. The predicted octanol–water partition coefficient (Wildman–Crippen LogP) is 0.411. The lowest BCUT2D eigenvalue weighted by atomic mass is 11.6. The Morgan fingerprint density at radius 2 is 1.20 bits per heavy atom. The Morgan fingerprint density at radius 3 is 1.20 bits per heavy atom. The summed E-state index contributed by atoms with van der Waals surface area (Å²) < 4.78 is 57.5. The average molecular weight is 184 g/mol. The molecule has 0 saturated carbocycles. The largest absolute Gasteiger partial charge is 0.522 e. The second-order valence-electron chi connectivity index (χ2n) is 0.921. The van der Waals surface area contributed by atoms with Crippen molar-refractivity contribution >= 4 is 10.1 Å². The van der Waals surface area contributed by atoms with Gasteiger partial charge in [-0.15, -0.1) is 0 Å². The molecule has 3 N–H and O–H groups in total. The first-order valence-electron chi connectivity index (χ1n) is 1.49. The summed E-state index contributed by atoms with van der Waals surface area (Å²) in [7, 11) is -5.84. The molecule has 0 aromatic heterocycles. The summed E-state index contributed by atoms with van der Waals surface area (Å²) >= 11 is 0. The molecule has 0 heterocycles. The first-order valence-corrected chi connectivity index (χ1v) is 2.93. The Kier molecular flexibility index (Phi) is 4.56. The maximum atomic E-state index is 10.7. The summed E-state index contributed by atoms with van der Waals surface area (Å²) in [5.74, 6) is 0. The Balaban J connectivity index is 0. The molecule has 64 valence electrons. The van der Waals surface area contributed by atoms with Gasteiger partial charge >= 0.3 is 15.6 Å². The highest BCUT2D eigenvalue weighted by Gasteiger charge is 2.44. The van der Waals surface area contributed by atoms with Crippen LogP contribution in [0.15, 0.2) is 0 Å². The van der Waals surface area contributed by atoms with E-state index >= 15 is 0 Å². The molecule has 0 aromatic carbocycles. The van der Waals surface area contributed by atoms with Crippen LogP contribution in [0.25, 0.3) is 0 Å². The summed E-state index contributed by atoms with van der Waals surface area (Å²) in [6, 6.07) is 0. The average Bonchev–Trinajstić information content (AvgIpc) is 1.66. The van der Waals surface area contributed by atoms with Gasteiger partial charge in [0, 0.05) is 0 Å². The van der Waals surface area contributed by atoms with Crippen molar-refractivity contribution < 1.29 is 36.7 Å². The molecular formula is CH3F3O5S. The van der Waals surface area contributed by atoms with E-state index in [1.165, 1.54) is 0 Å². The first-order chi connectivity index (χ1) is 4.25. The molecule has 10 heavy (non-hydrogen) atoms. The van der Waals surface area contributed by atoms with Crippen LogP contribution in [0.4, 0.5) is 13.2 Å². The molecule has 0 aliphatic heterocycles. The summed E-state index contributed by atoms with van der Waals surface area (Å²) in [5, 5.41) is 12.0. The second-order valence-corrected chi connectivity index (χ2v) is 2.33. The van der Waals surface area contributed by atoms with Crippen LogP contribution in [-0.4, -0.2) is 29.0 Å². The molecule has 9 heteroatoms. The third-order valence-corrected chi connectivity index (χ3v) is 0.877. The monoisotopic (exact) mass is 184 g/mol. The van der Waals surface area contributed by atoms with E-state index in [1.54, 1.807) is 0 Å². The third kappa shape index (κ3) is 4.49. The van der Waals surface area contributed by atoms with Gasteiger partial charge in [-0.3, -0.25) is 15.1 Å². The smallest absolute Gasteiger partial charge is 0.279 e. The third-order valence-electron chi connectivity index (χ3n) is 0.292.